The Morgan fingerprint density at radius 1 is 1.14 bits per heavy atom. The first-order chi connectivity index (χ1) is 13.2. The molecule has 4 amide bonds. The molecule has 0 aromatic heterocycles. The molecule has 3 fully saturated rings. The summed E-state index contributed by atoms with van der Waals surface area (Å²) in [6, 6.07) is -0.555. The van der Waals surface area contributed by atoms with Gasteiger partial charge in [-0.3, -0.25) is 19.3 Å². The number of urea groups is 1. The molecular weight excluding hydrogens is 362 g/mol. The van der Waals surface area contributed by atoms with Crippen molar-refractivity contribution in [3.05, 3.63) is 0 Å². The van der Waals surface area contributed by atoms with Gasteiger partial charge in [-0.15, -0.1) is 0 Å². The lowest BCUT2D eigenvalue weighted by Crippen LogP contribution is -2.54. The summed E-state index contributed by atoms with van der Waals surface area (Å²) >= 11 is 0. The number of nitrogens with one attached hydrogen (secondary N) is 1. The summed E-state index contributed by atoms with van der Waals surface area (Å²) in [5.74, 6) is -0.460. The molecule has 28 heavy (non-hydrogen) atoms. The fraction of sp³-hybridized carbons (Fsp3) is 0.800. The van der Waals surface area contributed by atoms with Crippen LogP contribution in [0.5, 0.6) is 0 Å². The number of carbonyl (C=O) groups excluding carboxylic acids is 4. The van der Waals surface area contributed by atoms with Crippen LogP contribution in [0.15, 0.2) is 0 Å². The topological polar surface area (TPSA) is 96.0 Å². The largest absolute Gasteiger partial charge is 0.454 e. The SMILES string of the molecule is C[C@@H]1C[C@H](C)CN(C(=O)COC(=O)CN2C(=O)N[C@@]3(CCCC[C@@H]3C)C2=O)C1. The van der Waals surface area contributed by atoms with Crippen molar-refractivity contribution in [2.75, 3.05) is 26.2 Å². The van der Waals surface area contributed by atoms with Crippen LogP contribution < -0.4 is 5.32 Å². The first-order valence-corrected chi connectivity index (χ1v) is 10.3. The van der Waals surface area contributed by atoms with Crippen LogP contribution in [0.2, 0.25) is 0 Å². The van der Waals surface area contributed by atoms with Gasteiger partial charge in [-0.1, -0.05) is 33.6 Å². The van der Waals surface area contributed by atoms with E-state index in [9.17, 15) is 19.2 Å². The lowest BCUT2D eigenvalue weighted by molar-refractivity contribution is -0.155. The summed E-state index contributed by atoms with van der Waals surface area (Å²) in [5, 5.41) is 2.80. The third kappa shape index (κ3) is 4.00. The second-order valence-electron chi connectivity index (χ2n) is 8.85. The number of hydrogen-bond acceptors (Lipinski definition) is 5. The lowest BCUT2D eigenvalue weighted by Gasteiger charge is -2.36. The van der Waals surface area contributed by atoms with Crippen LogP contribution >= 0.6 is 0 Å². The Balaban J connectivity index is 1.53. The van der Waals surface area contributed by atoms with E-state index in [0.717, 1.165) is 30.6 Å². The van der Waals surface area contributed by atoms with E-state index in [1.807, 2.05) is 6.92 Å². The van der Waals surface area contributed by atoms with Crippen LogP contribution in [0.25, 0.3) is 0 Å². The number of piperidine rings is 1. The van der Waals surface area contributed by atoms with Crippen molar-refractivity contribution in [3.63, 3.8) is 0 Å². The summed E-state index contributed by atoms with van der Waals surface area (Å²) in [6.45, 7) is 6.66. The average molecular weight is 393 g/mol. The summed E-state index contributed by atoms with van der Waals surface area (Å²) < 4.78 is 5.08. The molecular formula is C20H31N3O5. The highest BCUT2D eigenvalue weighted by Gasteiger charge is 2.55. The molecule has 3 aliphatic rings. The molecule has 0 aromatic carbocycles. The van der Waals surface area contributed by atoms with Crippen LogP contribution in [-0.2, 0) is 19.1 Å². The van der Waals surface area contributed by atoms with Crippen molar-refractivity contribution in [2.24, 2.45) is 17.8 Å². The summed E-state index contributed by atoms with van der Waals surface area (Å²) in [7, 11) is 0. The smallest absolute Gasteiger partial charge is 0.326 e. The highest BCUT2D eigenvalue weighted by molar-refractivity contribution is 6.09. The van der Waals surface area contributed by atoms with Gasteiger partial charge in [0.05, 0.1) is 0 Å². The standard InChI is InChI=1S/C20H31N3O5/c1-13-8-14(2)10-22(9-13)16(24)12-28-17(25)11-23-18(26)20(21-19(23)27)7-5-4-6-15(20)3/h13-15H,4-12H2,1-3H3,(H,21,27)/t13-,14+,15-,20+/m0/s1. The van der Waals surface area contributed by atoms with E-state index in [4.69, 9.17) is 4.74 Å². The molecule has 1 spiro atoms. The molecule has 8 nitrogen and oxygen atoms in total. The number of amides is 4. The van der Waals surface area contributed by atoms with Crippen molar-refractivity contribution < 1.29 is 23.9 Å². The molecule has 0 unspecified atom stereocenters. The van der Waals surface area contributed by atoms with E-state index in [0.29, 0.717) is 31.3 Å². The number of likely N-dealkylation sites (tertiary alicyclic amines) is 1. The van der Waals surface area contributed by atoms with Gasteiger partial charge in [0, 0.05) is 13.1 Å². The molecule has 1 saturated carbocycles. The second kappa shape index (κ2) is 8.09. The highest BCUT2D eigenvalue weighted by atomic mass is 16.5. The first-order valence-electron chi connectivity index (χ1n) is 10.3. The minimum Gasteiger partial charge on any atom is -0.454 e. The molecule has 156 valence electrons. The minimum atomic E-state index is -0.897. The van der Waals surface area contributed by atoms with E-state index < -0.39 is 24.1 Å². The number of nitrogens with zero attached hydrogens (tertiary/aromatic N) is 2. The maximum absolute atomic E-state index is 12.9. The Bertz CT molecular complexity index is 656. The molecule has 4 atom stereocenters. The highest BCUT2D eigenvalue weighted by Crippen LogP contribution is 2.38. The second-order valence-corrected chi connectivity index (χ2v) is 8.85. The van der Waals surface area contributed by atoms with Crippen molar-refractivity contribution in [1.82, 2.24) is 15.1 Å². The van der Waals surface area contributed by atoms with Crippen molar-refractivity contribution in [1.29, 1.82) is 0 Å². The van der Waals surface area contributed by atoms with E-state index in [1.165, 1.54) is 0 Å². The zero-order valence-electron chi connectivity index (χ0n) is 17.0. The van der Waals surface area contributed by atoms with Gasteiger partial charge in [0.2, 0.25) is 0 Å². The van der Waals surface area contributed by atoms with Crippen LogP contribution in [0, 0.1) is 17.8 Å². The molecule has 3 rings (SSSR count). The molecule has 1 N–H and O–H groups in total. The summed E-state index contributed by atoms with van der Waals surface area (Å²) in [4.78, 5) is 52.3. The quantitative estimate of drug-likeness (QED) is 0.577. The van der Waals surface area contributed by atoms with E-state index in [2.05, 4.69) is 19.2 Å². The van der Waals surface area contributed by atoms with Gasteiger partial charge in [0.1, 0.15) is 12.1 Å². The van der Waals surface area contributed by atoms with Gasteiger partial charge in [0.15, 0.2) is 6.61 Å². The van der Waals surface area contributed by atoms with Crippen molar-refractivity contribution in [2.45, 2.75) is 58.4 Å². The van der Waals surface area contributed by atoms with Crippen LogP contribution in [0.3, 0.4) is 0 Å². The van der Waals surface area contributed by atoms with E-state index >= 15 is 0 Å². The van der Waals surface area contributed by atoms with Gasteiger partial charge in [-0.2, -0.15) is 0 Å². The number of esters is 1. The van der Waals surface area contributed by atoms with Crippen molar-refractivity contribution in [3.8, 4) is 0 Å². The van der Waals surface area contributed by atoms with Gasteiger partial charge in [0.25, 0.3) is 11.8 Å². The first kappa shape index (κ1) is 20.6. The predicted octanol–water partition coefficient (Wildman–Crippen LogP) is 1.53. The van der Waals surface area contributed by atoms with Crippen molar-refractivity contribution >= 4 is 23.8 Å². The fourth-order valence-corrected chi connectivity index (χ4v) is 4.91. The Hall–Kier alpha value is -2.12. The molecule has 8 heteroatoms. The molecule has 0 aromatic rings. The van der Waals surface area contributed by atoms with Crippen LogP contribution in [0.1, 0.15) is 52.9 Å². The Morgan fingerprint density at radius 3 is 2.46 bits per heavy atom. The Kier molecular flexibility index (Phi) is 5.95. The normalized spacial score (nSPS) is 33.2. The molecule has 1 aliphatic carbocycles. The Labute approximate surface area is 165 Å². The number of imide groups is 1. The zero-order chi connectivity index (χ0) is 20.5. The lowest BCUT2D eigenvalue weighted by atomic mass is 9.73. The van der Waals surface area contributed by atoms with Crippen LogP contribution in [0.4, 0.5) is 4.79 Å². The Morgan fingerprint density at radius 2 is 1.82 bits per heavy atom. The number of carbonyl (C=O) groups is 4. The summed E-state index contributed by atoms with van der Waals surface area (Å²) in [5.41, 5.74) is -0.897. The fourth-order valence-electron chi connectivity index (χ4n) is 4.91. The molecule has 2 aliphatic heterocycles. The third-order valence-electron chi connectivity index (χ3n) is 6.37. The molecule has 2 heterocycles. The van der Waals surface area contributed by atoms with E-state index in [1.54, 1.807) is 4.90 Å². The van der Waals surface area contributed by atoms with E-state index in [-0.39, 0.29) is 24.3 Å². The predicted molar refractivity (Wildman–Crippen MR) is 101 cm³/mol. The zero-order valence-corrected chi connectivity index (χ0v) is 17.0. The van der Waals surface area contributed by atoms with Crippen LogP contribution in [-0.4, -0.2) is 65.4 Å². The summed E-state index contributed by atoms with van der Waals surface area (Å²) in [6.07, 6.45) is 4.44. The average Bonchev–Trinajstić information content (AvgIpc) is 2.86. The van der Waals surface area contributed by atoms with Gasteiger partial charge < -0.3 is 15.0 Å². The monoisotopic (exact) mass is 393 g/mol. The number of hydrogen-bond donors (Lipinski definition) is 1. The minimum absolute atomic E-state index is 0.0309. The number of rotatable bonds is 4. The maximum Gasteiger partial charge on any atom is 0.326 e. The van der Waals surface area contributed by atoms with Gasteiger partial charge in [-0.05, 0) is 37.0 Å². The molecule has 0 bridgehead atoms. The maximum atomic E-state index is 12.9. The number of ether oxygens (including phenoxy) is 1. The molecule has 2 saturated heterocycles. The van der Waals surface area contributed by atoms with Gasteiger partial charge >= 0.3 is 12.0 Å². The van der Waals surface area contributed by atoms with Gasteiger partial charge in [-0.25, -0.2) is 4.79 Å². The third-order valence-corrected chi connectivity index (χ3v) is 6.37. The molecule has 0 radical (unpaired) electrons.